The molecule has 0 heterocycles. The summed E-state index contributed by atoms with van der Waals surface area (Å²) < 4.78 is 0.912. The van der Waals surface area contributed by atoms with E-state index in [0.29, 0.717) is 5.56 Å². The third-order valence-electron chi connectivity index (χ3n) is 3.02. The number of aryl methyl sites for hydroxylation is 1. The summed E-state index contributed by atoms with van der Waals surface area (Å²) >= 11 is 3.38. The largest absolute Gasteiger partial charge is 0.507 e. The maximum atomic E-state index is 9.78. The van der Waals surface area contributed by atoms with Gasteiger partial charge in [0.15, 0.2) is 0 Å². The number of aromatic hydroxyl groups is 1. The molecule has 0 aliphatic carbocycles. The lowest BCUT2D eigenvalue weighted by atomic mass is 10.1. The van der Waals surface area contributed by atoms with E-state index in [0.717, 1.165) is 15.8 Å². The predicted octanol–water partition coefficient (Wildman–Crippen LogP) is 4.28. The Morgan fingerprint density at radius 1 is 1.15 bits per heavy atom. The quantitative estimate of drug-likeness (QED) is 0.851. The van der Waals surface area contributed by atoms with E-state index in [-0.39, 0.29) is 5.75 Å². The number of phenolic OH excluding ortho intramolecular Hbond substituents is 1. The van der Waals surface area contributed by atoms with Crippen LogP contribution in [0.4, 0.5) is 11.4 Å². The zero-order chi connectivity index (χ0) is 14.7. The molecular weight excluding hydrogens is 316 g/mol. The molecule has 0 aliphatic heterocycles. The number of benzene rings is 2. The highest BCUT2D eigenvalue weighted by atomic mass is 79.9. The summed E-state index contributed by atoms with van der Waals surface area (Å²) in [5, 5.41) is 9.78. The zero-order valence-electron chi connectivity index (χ0n) is 11.8. The van der Waals surface area contributed by atoms with Crippen LogP contribution >= 0.6 is 15.9 Å². The first-order chi connectivity index (χ1) is 9.47. The van der Waals surface area contributed by atoms with E-state index < -0.39 is 0 Å². The molecule has 0 atom stereocenters. The summed E-state index contributed by atoms with van der Waals surface area (Å²) in [6, 6.07) is 11.3. The number of phenols is 1. The molecular formula is C16H17BrN2O. The molecule has 20 heavy (non-hydrogen) atoms. The van der Waals surface area contributed by atoms with Crippen LogP contribution in [0.3, 0.4) is 0 Å². The predicted molar refractivity (Wildman–Crippen MR) is 88.6 cm³/mol. The Hall–Kier alpha value is -1.81. The molecule has 0 unspecified atom stereocenters. The van der Waals surface area contributed by atoms with Crippen molar-refractivity contribution in [3.05, 3.63) is 52.0 Å². The lowest BCUT2D eigenvalue weighted by molar-refractivity contribution is 0.474. The highest BCUT2D eigenvalue weighted by molar-refractivity contribution is 9.10. The minimum Gasteiger partial charge on any atom is -0.507 e. The van der Waals surface area contributed by atoms with Crippen LogP contribution in [0, 0.1) is 6.92 Å². The highest BCUT2D eigenvalue weighted by Crippen LogP contribution is 2.25. The lowest BCUT2D eigenvalue weighted by Gasteiger charge is -2.15. The Kier molecular flexibility index (Phi) is 4.45. The van der Waals surface area contributed by atoms with Crippen molar-refractivity contribution in [1.82, 2.24) is 0 Å². The van der Waals surface area contributed by atoms with Crippen LogP contribution in [0.1, 0.15) is 11.1 Å². The topological polar surface area (TPSA) is 35.8 Å². The molecule has 2 rings (SSSR count). The van der Waals surface area contributed by atoms with Crippen LogP contribution in [0.25, 0.3) is 0 Å². The summed E-state index contributed by atoms with van der Waals surface area (Å²) in [6.45, 7) is 2.07. The van der Waals surface area contributed by atoms with Crippen molar-refractivity contribution in [1.29, 1.82) is 0 Å². The van der Waals surface area contributed by atoms with Crippen LogP contribution in [-0.2, 0) is 0 Å². The second-order valence-corrected chi connectivity index (χ2v) is 5.74. The number of halogens is 1. The van der Waals surface area contributed by atoms with E-state index >= 15 is 0 Å². The molecule has 0 fully saturated rings. The fourth-order valence-electron chi connectivity index (χ4n) is 1.93. The van der Waals surface area contributed by atoms with Gasteiger partial charge in [-0.3, -0.25) is 4.99 Å². The van der Waals surface area contributed by atoms with Gasteiger partial charge in [-0.1, -0.05) is 22.0 Å². The average molecular weight is 333 g/mol. The third kappa shape index (κ3) is 3.39. The fourth-order valence-corrected chi connectivity index (χ4v) is 2.31. The molecule has 4 heteroatoms. The van der Waals surface area contributed by atoms with Crippen LogP contribution < -0.4 is 4.90 Å². The molecule has 2 aromatic rings. The van der Waals surface area contributed by atoms with E-state index in [2.05, 4.69) is 32.7 Å². The smallest absolute Gasteiger partial charge is 0.124 e. The average Bonchev–Trinajstić information content (AvgIpc) is 2.41. The maximum Gasteiger partial charge on any atom is 0.124 e. The van der Waals surface area contributed by atoms with E-state index in [1.807, 2.05) is 38.4 Å². The van der Waals surface area contributed by atoms with Crippen molar-refractivity contribution in [3.8, 4) is 5.75 Å². The maximum absolute atomic E-state index is 9.78. The fraction of sp³-hybridized carbons (Fsp3) is 0.188. The van der Waals surface area contributed by atoms with Crippen molar-refractivity contribution >= 4 is 33.5 Å². The first kappa shape index (κ1) is 14.6. The number of rotatable bonds is 3. The summed E-state index contributed by atoms with van der Waals surface area (Å²) in [5.74, 6) is 0.219. The van der Waals surface area contributed by atoms with E-state index in [9.17, 15) is 5.11 Å². The van der Waals surface area contributed by atoms with Crippen molar-refractivity contribution in [2.45, 2.75) is 6.92 Å². The third-order valence-corrected chi connectivity index (χ3v) is 3.51. The highest BCUT2D eigenvalue weighted by Gasteiger charge is 2.02. The SMILES string of the molecule is Cc1ccc(N=Cc2cc(Br)ccc2O)cc1N(C)C. The standard InChI is InChI=1S/C16H17BrN2O/c1-11-4-6-14(9-15(11)19(2)3)18-10-12-8-13(17)5-7-16(12)20/h4-10,20H,1-3H3. The minimum absolute atomic E-state index is 0.219. The molecule has 104 valence electrons. The molecule has 2 aromatic carbocycles. The Morgan fingerprint density at radius 3 is 2.60 bits per heavy atom. The summed E-state index contributed by atoms with van der Waals surface area (Å²) in [6.07, 6.45) is 1.67. The van der Waals surface area contributed by atoms with Gasteiger partial charge in [0.1, 0.15) is 5.75 Å². The van der Waals surface area contributed by atoms with Gasteiger partial charge in [0.05, 0.1) is 5.69 Å². The van der Waals surface area contributed by atoms with Gasteiger partial charge in [0.2, 0.25) is 0 Å². The molecule has 0 radical (unpaired) electrons. The summed E-state index contributed by atoms with van der Waals surface area (Å²) in [5.41, 5.74) is 3.89. The monoisotopic (exact) mass is 332 g/mol. The normalized spacial score (nSPS) is 11.0. The molecule has 0 spiro atoms. The Bertz CT molecular complexity index is 651. The Balaban J connectivity index is 2.32. The van der Waals surface area contributed by atoms with Crippen molar-refractivity contribution in [3.63, 3.8) is 0 Å². The molecule has 3 nitrogen and oxygen atoms in total. The second kappa shape index (κ2) is 6.09. The molecule has 0 saturated carbocycles. The summed E-state index contributed by atoms with van der Waals surface area (Å²) in [7, 11) is 4.02. The number of hydrogen-bond donors (Lipinski definition) is 1. The van der Waals surface area contributed by atoms with E-state index in [1.54, 1.807) is 18.3 Å². The van der Waals surface area contributed by atoms with Gasteiger partial charge in [0, 0.05) is 36.0 Å². The molecule has 0 amide bonds. The van der Waals surface area contributed by atoms with Gasteiger partial charge < -0.3 is 10.0 Å². The van der Waals surface area contributed by atoms with Crippen LogP contribution in [0.15, 0.2) is 45.9 Å². The van der Waals surface area contributed by atoms with Crippen LogP contribution in [0.5, 0.6) is 5.75 Å². The van der Waals surface area contributed by atoms with Gasteiger partial charge in [-0.25, -0.2) is 0 Å². The Labute approximate surface area is 127 Å². The molecule has 0 aromatic heterocycles. The minimum atomic E-state index is 0.219. The molecule has 0 bridgehead atoms. The first-order valence-corrected chi connectivity index (χ1v) is 7.07. The number of anilines is 1. The molecule has 1 N–H and O–H groups in total. The van der Waals surface area contributed by atoms with Crippen molar-refractivity contribution in [2.24, 2.45) is 4.99 Å². The van der Waals surface area contributed by atoms with Crippen LogP contribution in [0.2, 0.25) is 0 Å². The number of nitrogens with zero attached hydrogens (tertiary/aromatic N) is 2. The second-order valence-electron chi connectivity index (χ2n) is 4.83. The van der Waals surface area contributed by atoms with Crippen molar-refractivity contribution < 1.29 is 5.11 Å². The van der Waals surface area contributed by atoms with Crippen molar-refractivity contribution in [2.75, 3.05) is 19.0 Å². The van der Waals surface area contributed by atoms with Gasteiger partial charge in [-0.2, -0.15) is 0 Å². The van der Waals surface area contributed by atoms with Gasteiger partial charge in [-0.05, 0) is 42.8 Å². The number of aliphatic imine (C=N–C) groups is 1. The van der Waals surface area contributed by atoms with E-state index in [1.165, 1.54) is 5.56 Å². The summed E-state index contributed by atoms with van der Waals surface area (Å²) in [4.78, 5) is 6.49. The first-order valence-electron chi connectivity index (χ1n) is 6.28. The molecule has 0 aliphatic rings. The van der Waals surface area contributed by atoms with Gasteiger partial charge >= 0.3 is 0 Å². The Morgan fingerprint density at radius 2 is 1.90 bits per heavy atom. The lowest BCUT2D eigenvalue weighted by Crippen LogP contribution is -2.09. The van der Waals surface area contributed by atoms with Gasteiger partial charge in [-0.15, -0.1) is 0 Å². The van der Waals surface area contributed by atoms with Gasteiger partial charge in [0.25, 0.3) is 0 Å². The number of hydrogen-bond acceptors (Lipinski definition) is 3. The van der Waals surface area contributed by atoms with Crippen LogP contribution in [-0.4, -0.2) is 25.4 Å². The molecule has 0 saturated heterocycles. The zero-order valence-corrected chi connectivity index (χ0v) is 13.3. The van der Waals surface area contributed by atoms with E-state index in [4.69, 9.17) is 0 Å².